The Morgan fingerprint density at radius 3 is 2.60 bits per heavy atom. The zero-order chi connectivity index (χ0) is 18.6. The standard InChI is InChI=1S/C15H27N5O4S/c1-10-13(15(22)18-17-10)8-14(21)16-9-11-5-4-6-12(7-11)19-25(23,24)20(2)3/h11-12,19H,4-9H2,1-3H3,(H,16,21)(H2,17,18,22)/t11-,12+/m1/s1. The molecule has 10 heteroatoms. The summed E-state index contributed by atoms with van der Waals surface area (Å²) in [6.07, 6.45) is 3.39. The lowest BCUT2D eigenvalue weighted by Gasteiger charge is -2.30. The molecule has 4 N–H and O–H groups in total. The van der Waals surface area contributed by atoms with Crippen LogP contribution in [0.15, 0.2) is 4.79 Å². The largest absolute Gasteiger partial charge is 0.356 e. The first-order valence-electron chi connectivity index (χ1n) is 8.41. The topological polar surface area (TPSA) is 127 Å². The molecule has 1 aliphatic carbocycles. The number of H-pyrrole nitrogens is 2. The SMILES string of the molecule is Cc1[nH][nH]c(=O)c1CC(=O)NC[C@@H]1CCC[C@H](NS(=O)(=O)N(C)C)C1. The van der Waals surface area contributed by atoms with Crippen LogP contribution in [0.4, 0.5) is 0 Å². The number of aromatic nitrogens is 2. The van der Waals surface area contributed by atoms with Crippen molar-refractivity contribution in [1.82, 2.24) is 24.5 Å². The van der Waals surface area contributed by atoms with E-state index in [4.69, 9.17) is 0 Å². The van der Waals surface area contributed by atoms with Crippen LogP contribution in [-0.4, -0.2) is 55.5 Å². The van der Waals surface area contributed by atoms with E-state index in [2.05, 4.69) is 20.2 Å². The van der Waals surface area contributed by atoms with Gasteiger partial charge in [0.25, 0.3) is 15.8 Å². The number of hydrogen-bond acceptors (Lipinski definition) is 4. The molecule has 1 saturated carbocycles. The molecule has 0 aromatic carbocycles. The average molecular weight is 373 g/mol. The van der Waals surface area contributed by atoms with Crippen molar-refractivity contribution in [2.75, 3.05) is 20.6 Å². The van der Waals surface area contributed by atoms with Gasteiger partial charge in [0, 0.05) is 37.9 Å². The number of carbonyl (C=O) groups excluding carboxylic acids is 1. The van der Waals surface area contributed by atoms with E-state index in [-0.39, 0.29) is 29.8 Å². The summed E-state index contributed by atoms with van der Waals surface area (Å²) < 4.78 is 27.7. The molecule has 1 aromatic rings. The van der Waals surface area contributed by atoms with E-state index in [9.17, 15) is 18.0 Å². The van der Waals surface area contributed by atoms with Crippen LogP contribution in [0.25, 0.3) is 0 Å². The van der Waals surface area contributed by atoms with E-state index in [0.29, 0.717) is 24.2 Å². The normalized spacial score (nSPS) is 21.4. The van der Waals surface area contributed by atoms with Gasteiger partial charge >= 0.3 is 0 Å². The predicted octanol–water partition coefficient (Wildman–Crippen LogP) is -0.375. The third kappa shape index (κ3) is 5.41. The fourth-order valence-corrected chi connectivity index (χ4v) is 3.91. The van der Waals surface area contributed by atoms with Crippen LogP contribution >= 0.6 is 0 Å². The monoisotopic (exact) mass is 373 g/mol. The van der Waals surface area contributed by atoms with Crippen molar-refractivity contribution in [2.24, 2.45) is 5.92 Å². The van der Waals surface area contributed by atoms with Gasteiger partial charge in [0.15, 0.2) is 0 Å². The highest BCUT2D eigenvalue weighted by Crippen LogP contribution is 2.24. The van der Waals surface area contributed by atoms with Crippen molar-refractivity contribution < 1.29 is 13.2 Å². The summed E-state index contributed by atoms with van der Waals surface area (Å²) in [5, 5.41) is 8.01. The molecule has 2 rings (SSSR count). The van der Waals surface area contributed by atoms with Gasteiger partial charge in [-0.2, -0.15) is 17.4 Å². The number of nitrogens with zero attached hydrogens (tertiary/aromatic N) is 1. The molecule has 0 bridgehead atoms. The third-order valence-electron chi connectivity index (χ3n) is 4.59. The van der Waals surface area contributed by atoms with Crippen LogP contribution in [0.3, 0.4) is 0 Å². The lowest BCUT2D eigenvalue weighted by molar-refractivity contribution is -0.120. The minimum atomic E-state index is -3.44. The molecular formula is C15H27N5O4S. The van der Waals surface area contributed by atoms with Gasteiger partial charge in [0.2, 0.25) is 5.91 Å². The van der Waals surface area contributed by atoms with Gasteiger partial charge < -0.3 is 10.4 Å². The molecule has 1 fully saturated rings. The molecule has 1 aliphatic rings. The number of hydrogen-bond donors (Lipinski definition) is 4. The lowest BCUT2D eigenvalue weighted by atomic mass is 9.86. The Labute approximate surface area is 147 Å². The second kappa shape index (κ2) is 8.15. The summed E-state index contributed by atoms with van der Waals surface area (Å²) >= 11 is 0. The maximum absolute atomic E-state index is 12.1. The minimum absolute atomic E-state index is 0.0358. The number of carbonyl (C=O) groups is 1. The van der Waals surface area contributed by atoms with Crippen molar-refractivity contribution in [3.05, 3.63) is 21.6 Å². The molecule has 0 radical (unpaired) electrons. The van der Waals surface area contributed by atoms with Crippen LogP contribution in [0.5, 0.6) is 0 Å². The van der Waals surface area contributed by atoms with Crippen molar-refractivity contribution in [2.45, 2.75) is 45.1 Å². The van der Waals surface area contributed by atoms with Crippen LogP contribution in [0.2, 0.25) is 0 Å². The molecule has 0 spiro atoms. The Morgan fingerprint density at radius 1 is 1.28 bits per heavy atom. The van der Waals surface area contributed by atoms with Crippen molar-refractivity contribution >= 4 is 16.1 Å². The lowest BCUT2D eigenvalue weighted by Crippen LogP contribution is -2.45. The molecule has 142 valence electrons. The first kappa shape index (κ1) is 19.7. The summed E-state index contributed by atoms with van der Waals surface area (Å²) in [6.45, 7) is 2.23. The summed E-state index contributed by atoms with van der Waals surface area (Å²) in [7, 11) is -0.455. The molecular weight excluding hydrogens is 346 g/mol. The fraction of sp³-hybridized carbons (Fsp3) is 0.733. The minimum Gasteiger partial charge on any atom is -0.356 e. The molecule has 1 aromatic heterocycles. The second-order valence-corrected chi connectivity index (χ2v) is 8.71. The smallest absolute Gasteiger partial charge is 0.279 e. The number of nitrogens with one attached hydrogen (secondary N) is 4. The Hall–Kier alpha value is -1.65. The van der Waals surface area contributed by atoms with Gasteiger partial charge in [-0.1, -0.05) is 6.42 Å². The van der Waals surface area contributed by atoms with E-state index in [0.717, 1.165) is 23.6 Å². The van der Waals surface area contributed by atoms with Gasteiger partial charge in [0.05, 0.1) is 6.42 Å². The predicted molar refractivity (Wildman–Crippen MR) is 94.4 cm³/mol. The molecule has 0 aliphatic heterocycles. The first-order valence-corrected chi connectivity index (χ1v) is 9.85. The summed E-state index contributed by atoms with van der Waals surface area (Å²) in [5.41, 5.74) is 0.831. The Balaban J connectivity index is 1.82. The Morgan fingerprint density at radius 2 is 2.00 bits per heavy atom. The molecule has 1 amide bonds. The second-order valence-electron chi connectivity index (χ2n) is 6.80. The van der Waals surface area contributed by atoms with Crippen LogP contribution in [-0.2, 0) is 21.4 Å². The van der Waals surface area contributed by atoms with Gasteiger partial charge in [-0.25, -0.2) is 0 Å². The quantitative estimate of drug-likeness (QED) is 0.520. The molecule has 25 heavy (non-hydrogen) atoms. The highest BCUT2D eigenvalue weighted by Gasteiger charge is 2.26. The number of aryl methyl sites for hydroxylation is 1. The van der Waals surface area contributed by atoms with Gasteiger partial charge in [-0.15, -0.1) is 0 Å². The number of amides is 1. The zero-order valence-corrected chi connectivity index (χ0v) is 15.7. The Kier molecular flexibility index (Phi) is 6.42. The van der Waals surface area contributed by atoms with E-state index in [1.807, 2.05) is 0 Å². The van der Waals surface area contributed by atoms with E-state index in [1.165, 1.54) is 14.1 Å². The van der Waals surface area contributed by atoms with Crippen molar-refractivity contribution in [3.63, 3.8) is 0 Å². The molecule has 0 unspecified atom stereocenters. The van der Waals surface area contributed by atoms with E-state index >= 15 is 0 Å². The van der Waals surface area contributed by atoms with Crippen molar-refractivity contribution in [1.29, 1.82) is 0 Å². The zero-order valence-electron chi connectivity index (χ0n) is 14.9. The maximum Gasteiger partial charge on any atom is 0.279 e. The molecule has 2 atom stereocenters. The first-order chi connectivity index (χ1) is 11.7. The van der Waals surface area contributed by atoms with Crippen LogP contribution < -0.4 is 15.6 Å². The third-order valence-corrected chi connectivity index (χ3v) is 6.19. The average Bonchev–Trinajstić information content (AvgIpc) is 2.84. The van der Waals surface area contributed by atoms with Crippen molar-refractivity contribution in [3.8, 4) is 0 Å². The molecule has 0 saturated heterocycles. The summed E-state index contributed by atoms with van der Waals surface area (Å²) in [6, 6.07) is -0.113. The van der Waals surface area contributed by atoms with Gasteiger partial charge in [-0.05, 0) is 32.1 Å². The van der Waals surface area contributed by atoms with Crippen LogP contribution in [0.1, 0.15) is 36.9 Å². The molecule has 1 heterocycles. The van der Waals surface area contributed by atoms with Gasteiger partial charge in [0.1, 0.15) is 0 Å². The highest BCUT2D eigenvalue weighted by atomic mass is 32.2. The van der Waals surface area contributed by atoms with E-state index < -0.39 is 10.2 Å². The van der Waals surface area contributed by atoms with Crippen LogP contribution in [0, 0.1) is 12.8 Å². The number of rotatable bonds is 7. The summed E-state index contributed by atoms with van der Waals surface area (Å²) in [4.78, 5) is 23.6. The van der Waals surface area contributed by atoms with E-state index in [1.54, 1.807) is 6.92 Å². The van der Waals surface area contributed by atoms with Gasteiger partial charge in [-0.3, -0.25) is 14.7 Å². The summed E-state index contributed by atoms with van der Waals surface area (Å²) in [5.74, 6) is 0.0161. The molecule has 9 nitrogen and oxygen atoms in total. The highest BCUT2D eigenvalue weighted by molar-refractivity contribution is 7.87. The Bertz CT molecular complexity index is 752. The fourth-order valence-electron chi connectivity index (χ4n) is 3.07. The maximum atomic E-state index is 12.1. The number of aromatic amines is 2.